The van der Waals surface area contributed by atoms with Crippen LogP contribution in [0.3, 0.4) is 0 Å². The number of ketones is 1. The largest absolute Gasteiger partial charge is 0.427 e. The first-order valence-corrected chi connectivity index (χ1v) is 11.4. The summed E-state index contributed by atoms with van der Waals surface area (Å²) in [5.41, 5.74) is 0.971. The molecule has 0 aromatic heterocycles. The number of halogens is 2. The van der Waals surface area contributed by atoms with Crippen LogP contribution in [0, 0.1) is 23.1 Å². The van der Waals surface area contributed by atoms with Gasteiger partial charge in [-0.05, 0) is 104 Å². The summed E-state index contributed by atoms with van der Waals surface area (Å²) in [7, 11) is 0. The molecule has 2 atom stereocenters. The van der Waals surface area contributed by atoms with Crippen LogP contribution < -0.4 is 4.74 Å². The van der Waals surface area contributed by atoms with E-state index >= 15 is 0 Å². The van der Waals surface area contributed by atoms with E-state index in [0.29, 0.717) is 23.3 Å². The Kier molecular flexibility index (Phi) is 4.85. The van der Waals surface area contributed by atoms with Gasteiger partial charge in [0.15, 0.2) is 5.78 Å². The van der Waals surface area contributed by atoms with E-state index in [1.54, 1.807) is 24.3 Å². The van der Waals surface area contributed by atoms with Crippen molar-refractivity contribution < 1.29 is 18.7 Å². The first kappa shape index (κ1) is 19.9. The molecule has 4 saturated carbocycles. The third kappa shape index (κ3) is 3.84. The molecule has 0 unspecified atom stereocenters. The van der Waals surface area contributed by atoms with Crippen LogP contribution in [0.1, 0.15) is 60.9 Å². The topological polar surface area (TPSA) is 43.4 Å². The van der Waals surface area contributed by atoms with E-state index < -0.39 is 0 Å². The molecule has 4 fully saturated rings. The average molecular weight is 471 g/mol. The zero-order valence-corrected chi connectivity index (χ0v) is 18.3. The second-order valence-electron chi connectivity index (χ2n) is 9.62. The molecule has 4 aliphatic rings. The average Bonchev–Trinajstić information content (AvgIpc) is 2.66. The van der Waals surface area contributed by atoms with E-state index in [1.807, 2.05) is 0 Å². The molecule has 0 N–H and O–H groups in total. The fourth-order valence-electron chi connectivity index (χ4n) is 6.46. The second kappa shape index (κ2) is 7.30. The molecule has 156 valence electrons. The molecule has 0 amide bonds. The predicted octanol–water partition coefficient (Wildman–Crippen LogP) is 6.09. The summed E-state index contributed by atoms with van der Waals surface area (Å²) in [6.45, 7) is 0. The fraction of sp³-hybridized carbons (Fsp3) is 0.440. The lowest BCUT2D eigenvalue weighted by Gasteiger charge is -2.60. The van der Waals surface area contributed by atoms with E-state index in [2.05, 4.69) is 15.9 Å². The summed E-state index contributed by atoms with van der Waals surface area (Å²) < 4.78 is 18.9. The van der Waals surface area contributed by atoms with Crippen LogP contribution in [-0.2, 0) is 4.79 Å². The zero-order chi connectivity index (χ0) is 20.9. The molecule has 0 heterocycles. The van der Waals surface area contributed by atoms with Gasteiger partial charge < -0.3 is 4.74 Å². The third-order valence-corrected chi connectivity index (χ3v) is 8.01. The van der Waals surface area contributed by atoms with Crippen molar-refractivity contribution in [1.82, 2.24) is 0 Å². The van der Waals surface area contributed by atoms with Gasteiger partial charge in [0.1, 0.15) is 11.6 Å². The third-order valence-electron chi connectivity index (χ3n) is 7.08. The Morgan fingerprint density at radius 2 is 1.50 bits per heavy atom. The number of hydrogen-bond donors (Lipinski definition) is 0. The summed E-state index contributed by atoms with van der Waals surface area (Å²) in [6.07, 6.45) is 7.59. The molecule has 30 heavy (non-hydrogen) atoms. The van der Waals surface area contributed by atoms with Gasteiger partial charge in [-0.15, -0.1) is 0 Å². The number of carbonyl (C=O) groups excluding carboxylic acids is 2. The maximum absolute atomic E-state index is 13.1. The van der Waals surface area contributed by atoms with Gasteiger partial charge >= 0.3 is 5.97 Å². The standard InChI is InChI=1S/C25H24BrFO3/c26-25-12-16-9-17(13-25)11-24(10-16,15-25)14-22(28)30-21-7-3-19(4-8-21)23(29)18-1-5-20(27)6-2-18/h1-8,16-17H,9-15H2/t16-,17-,24?,25?/m1/s1. The van der Waals surface area contributed by atoms with Crippen molar-refractivity contribution in [1.29, 1.82) is 0 Å². The minimum absolute atomic E-state index is 0.0726. The maximum atomic E-state index is 13.1. The summed E-state index contributed by atoms with van der Waals surface area (Å²) in [5, 5.41) is 0. The van der Waals surface area contributed by atoms with Crippen molar-refractivity contribution in [3.05, 3.63) is 65.5 Å². The Labute approximate surface area is 184 Å². The summed E-state index contributed by atoms with van der Waals surface area (Å²) in [6, 6.07) is 12.1. The van der Waals surface area contributed by atoms with Crippen molar-refractivity contribution in [3.63, 3.8) is 0 Å². The lowest BCUT2D eigenvalue weighted by molar-refractivity contribution is -0.141. The highest BCUT2D eigenvalue weighted by atomic mass is 79.9. The molecular weight excluding hydrogens is 447 g/mol. The molecule has 5 heteroatoms. The van der Waals surface area contributed by atoms with Crippen LogP contribution >= 0.6 is 15.9 Å². The summed E-state index contributed by atoms with van der Waals surface area (Å²) >= 11 is 3.99. The van der Waals surface area contributed by atoms with Crippen LogP contribution in [-0.4, -0.2) is 16.1 Å². The fourth-order valence-corrected chi connectivity index (χ4v) is 7.97. The van der Waals surface area contributed by atoms with Crippen molar-refractivity contribution in [2.45, 2.75) is 49.3 Å². The maximum Gasteiger partial charge on any atom is 0.311 e. The smallest absolute Gasteiger partial charge is 0.311 e. The van der Waals surface area contributed by atoms with Gasteiger partial charge in [0.2, 0.25) is 0 Å². The first-order valence-electron chi connectivity index (χ1n) is 10.6. The highest BCUT2D eigenvalue weighted by molar-refractivity contribution is 9.10. The highest BCUT2D eigenvalue weighted by Gasteiger charge is 2.57. The number of alkyl halides is 1. The monoisotopic (exact) mass is 470 g/mol. The molecule has 0 radical (unpaired) electrons. The lowest BCUT2D eigenvalue weighted by atomic mass is 9.49. The molecule has 2 aromatic rings. The second-order valence-corrected chi connectivity index (χ2v) is 11.3. The zero-order valence-electron chi connectivity index (χ0n) is 16.7. The van der Waals surface area contributed by atoms with Crippen LogP contribution in [0.25, 0.3) is 0 Å². The predicted molar refractivity (Wildman–Crippen MR) is 115 cm³/mol. The number of benzene rings is 2. The van der Waals surface area contributed by atoms with Crippen molar-refractivity contribution in [3.8, 4) is 5.75 Å². The van der Waals surface area contributed by atoms with Gasteiger partial charge in [0, 0.05) is 15.5 Å². The van der Waals surface area contributed by atoms with E-state index in [-0.39, 0.29) is 27.3 Å². The summed E-state index contributed by atoms with van der Waals surface area (Å²) in [4.78, 5) is 25.2. The molecule has 0 spiro atoms. The SMILES string of the molecule is O=C(CC12C[C@H]3C[C@@H](CC(Br)(C3)C1)C2)Oc1ccc(C(=O)c2ccc(F)cc2)cc1. The van der Waals surface area contributed by atoms with E-state index in [4.69, 9.17) is 4.74 Å². The van der Waals surface area contributed by atoms with Crippen LogP contribution in [0.4, 0.5) is 4.39 Å². The molecule has 4 bridgehead atoms. The number of carbonyl (C=O) groups is 2. The quantitative estimate of drug-likeness (QED) is 0.230. The van der Waals surface area contributed by atoms with Crippen molar-refractivity contribution in [2.75, 3.05) is 0 Å². The van der Waals surface area contributed by atoms with Crippen LogP contribution in [0.15, 0.2) is 48.5 Å². The molecule has 6 rings (SSSR count). The van der Waals surface area contributed by atoms with Crippen molar-refractivity contribution >= 4 is 27.7 Å². The highest BCUT2D eigenvalue weighted by Crippen LogP contribution is 2.65. The minimum Gasteiger partial charge on any atom is -0.427 e. The van der Waals surface area contributed by atoms with E-state index in [9.17, 15) is 14.0 Å². The Balaban J connectivity index is 1.24. The Bertz CT molecular complexity index is 968. The van der Waals surface area contributed by atoms with Gasteiger partial charge in [-0.3, -0.25) is 9.59 Å². The molecule has 3 nitrogen and oxygen atoms in total. The van der Waals surface area contributed by atoms with Gasteiger partial charge in [-0.2, -0.15) is 0 Å². The normalized spacial score (nSPS) is 31.5. The molecule has 4 aliphatic carbocycles. The summed E-state index contributed by atoms with van der Waals surface area (Å²) in [5.74, 6) is 1.16. The van der Waals surface area contributed by atoms with Crippen LogP contribution in [0.2, 0.25) is 0 Å². The Hall–Kier alpha value is -2.01. The molecule has 0 aliphatic heterocycles. The molecule has 2 aromatic carbocycles. The number of esters is 1. The Morgan fingerprint density at radius 3 is 2.07 bits per heavy atom. The first-order chi connectivity index (χ1) is 14.3. The molecular formula is C25H24BrFO3. The van der Waals surface area contributed by atoms with Gasteiger partial charge in [0.25, 0.3) is 0 Å². The molecule has 0 saturated heterocycles. The van der Waals surface area contributed by atoms with E-state index in [0.717, 1.165) is 31.1 Å². The van der Waals surface area contributed by atoms with Gasteiger partial charge in [0.05, 0.1) is 6.42 Å². The van der Waals surface area contributed by atoms with E-state index in [1.165, 1.54) is 43.5 Å². The van der Waals surface area contributed by atoms with Crippen LogP contribution in [0.5, 0.6) is 5.75 Å². The number of ether oxygens (including phenoxy) is 1. The van der Waals surface area contributed by atoms with Gasteiger partial charge in [-0.25, -0.2) is 4.39 Å². The number of rotatable bonds is 5. The number of hydrogen-bond acceptors (Lipinski definition) is 3. The Morgan fingerprint density at radius 1 is 0.933 bits per heavy atom. The lowest BCUT2D eigenvalue weighted by Crippen LogP contribution is -2.53. The van der Waals surface area contributed by atoms with Crippen molar-refractivity contribution in [2.24, 2.45) is 17.3 Å². The minimum atomic E-state index is -0.376. The van der Waals surface area contributed by atoms with Gasteiger partial charge in [-0.1, -0.05) is 15.9 Å².